The zero-order chi connectivity index (χ0) is 18.8. The van der Waals surface area contributed by atoms with Crippen LogP contribution < -0.4 is 4.90 Å². The molecule has 2 heterocycles. The van der Waals surface area contributed by atoms with Crippen molar-refractivity contribution in [3.63, 3.8) is 0 Å². The lowest BCUT2D eigenvalue weighted by Gasteiger charge is -2.18. The van der Waals surface area contributed by atoms with Gasteiger partial charge in [0.2, 0.25) is 0 Å². The molecule has 3 rings (SSSR count). The first kappa shape index (κ1) is 17.7. The third kappa shape index (κ3) is 3.08. The summed E-state index contributed by atoms with van der Waals surface area (Å²) in [6.07, 6.45) is 3.09. The highest BCUT2D eigenvalue weighted by Crippen LogP contribution is 2.35. The Hall–Kier alpha value is -3.08. The van der Waals surface area contributed by atoms with Gasteiger partial charge in [-0.3, -0.25) is 9.69 Å². The second kappa shape index (κ2) is 7.04. The van der Waals surface area contributed by atoms with Gasteiger partial charge in [0.25, 0.3) is 5.91 Å². The summed E-state index contributed by atoms with van der Waals surface area (Å²) in [5.74, 6) is 0.0705. The highest BCUT2D eigenvalue weighted by atomic mass is 16.5. The van der Waals surface area contributed by atoms with E-state index in [9.17, 15) is 9.59 Å². The second-order valence-corrected chi connectivity index (χ2v) is 6.41. The second-order valence-electron chi connectivity index (χ2n) is 6.41. The molecule has 0 saturated carbocycles. The molecule has 0 fully saturated rings. The lowest BCUT2D eigenvalue weighted by atomic mass is 10.0. The minimum atomic E-state index is -0.546. The fourth-order valence-corrected chi connectivity index (χ4v) is 3.01. The number of hydrogen-bond donors (Lipinski definition) is 0. The molecule has 2 aromatic rings. The first-order valence-electron chi connectivity index (χ1n) is 8.43. The Balaban J connectivity index is 2.08. The minimum Gasteiger partial charge on any atom is -0.465 e. The van der Waals surface area contributed by atoms with Crippen LogP contribution in [0, 0.1) is 0 Å². The highest BCUT2D eigenvalue weighted by Gasteiger charge is 2.38. The number of rotatable bonds is 4. The third-order valence-corrected chi connectivity index (χ3v) is 4.44. The predicted molar refractivity (Wildman–Crippen MR) is 99.4 cm³/mol. The summed E-state index contributed by atoms with van der Waals surface area (Å²) in [7, 11) is 1.30. The number of esters is 1. The first-order chi connectivity index (χ1) is 12.4. The Morgan fingerprint density at radius 2 is 1.88 bits per heavy atom. The van der Waals surface area contributed by atoms with Crippen molar-refractivity contribution in [3.05, 3.63) is 70.8 Å². The summed E-state index contributed by atoms with van der Waals surface area (Å²) in [4.78, 5) is 26.9. The zero-order valence-electron chi connectivity index (χ0n) is 15.3. The lowest BCUT2D eigenvalue weighted by molar-refractivity contribution is -0.136. The van der Waals surface area contributed by atoms with Gasteiger partial charge in [0.15, 0.2) is 0 Å². The number of ether oxygens (including phenoxy) is 1. The molecule has 0 bridgehead atoms. The van der Waals surface area contributed by atoms with Gasteiger partial charge in [-0.25, -0.2) is 4.79 Å². The van der Waals surface area contributed by atoms with Gasteiger partial charge in [0, 0.05) is 11.4 Å². The maximum Gasteiger partial charge on any atom is 0.340 e. The first-order valence-corrected chi connectivity index (χ1v) is 8.43. The van der Waals surface area contributed by atoms with Gasteiger partial charge in [0.05, 0.1) is 24.5 Å². The van der Waals surface area contributed by atoms with Gasteiger partial charge in [-0.05, 0) is 48.7 Å². The number of carbonyl (C=O) groups is 2. The summed E-state index contributed by atoms with van der Waals surface area (Å²) < 4.78 is 10.2. The molecule has 0 aliphatic carbocycles. The number of anilines is 1. The minimum absolute atomic E-state index is 0.252. The van der Waals surface area contributed by atoms with Gasteiger partial charge >= 0.3 is 5.97 Å². The van der Waals surface area contributed by atoms with E-state index in [1.165, 1.54) is 23.8 Å². The monoisotopic (exact) mass is 351 g/mol. The molecule has 0 atom stereocenters. The standard InChI is InChI=1S/C21H21NO4/c1-13(2)15-7-9-16(10-8-15)22-14(3)19(21(24)25-4)18(20(22)23)12-17-6-5-11-26-17/h5-13H,1-4H3/b18-12+. The van der Waals surface area contributed by atoms with Crippen LogP contribution in [0.5, 0.6) is 0 Å². The molecule has 26 heavy (non-hydrogen) atoms. The molecule has 1 aromatic heterocycles. The number of hydrogen-bond acceptors (Lipinski definition) is 4. The van der Waals surface area contributed by atoms with Gasteiger partial charge in [0.1, 0.15) is 5.76 Å². The fourth-order valence-electron chi connectivity index (χ4n) is 3.01. The molecule has 5 heteroatoms. The molecule has 1 aliphatic rings. The summed E-state index contributed by atoms with van der Waals surface area (Å²) >= 11 is 0. The third-order valence-electron chi connectivity index (χ3n) is 4.44. The topological polar surface area (TPSA) is 59.8 Å². The number of carbonyl (C=O) groups excluding carboxylic acids is 2. The number of furan rings is 1. The van der Waals surface area contributed by atoms with Crippen molar-refractivity contribution in [3.8, 4) is 0 Å². The van der Waals surface area contributed by atoms with Crippen LogP contribution in [0.2, 0.25) is 0 Å². The van der Waals surface area contributed by atoms with Crippen LogP contribution in [0.4, 0.5) is 5.69 Å². The van der Waals surface area contributed by atoms with E-state index in [0.29, 0.717) is 23.1 Å². The Morgan fingerprint density at radius 3 is 2.42 bits per heavy atom. The molecule has 0 spiro atoms. The van der Waals surface area contributed by atoms with E-state index in [-0.39, 0.29) is 17.1 Å². The van der Waals surface area contributed by atoms with Crippen molar-refractivity contribution in [1.82, 2.24) is 0 Å². The van der Waals surface area contributed by atoms with Crippen LogP contribution in [0.1, 0.15) is 38.0 Å². The van der Waals surface area contributed by atoms with Crippen molar-refractivity contribution < 1.29 is 18.7 Å². The van der Waals surface area contributed by atoms with Gasteiger partial charge in [-0.15, -0.1) is 0 Å². The molecule has 5 nitrogen and oxygen atoms in total. The number of benzene rings is 1. The van der Waals surface area contributed by atoms with E-state index < -0.39 is 5.97 Å². The summed E-state index contributed by atoms with van der Waals surface area (Å²) in [6, 6.07) is 11.2. The van der Waals surface area contributed by atoms with E-state index in [4.69, 9.17) is 9.15 Å². The molecule has 0 unspecified atom stereocenters. The molecule has 1 aliphatic heterocycles. The van der Waals surface area contributed by atoms with Gasteiger partial charge in [-0.2, -0.15) is 0 Å². The molecule has 0 N–H and O–H groups in total. The quantitative estimate of drug-likeness (QED) is 0.609. The van der Waals surface area contributed by atoms with Crippen molar-refractivity contribution in [1.29, 1.82) is 0 Å². The maximum atomic E-state index is 13.1. The summed E-state index contributed by atoms with van der Waals surface area (Å²) in [5.41, 5.74) is 2.94. The molecular formula is C21H21NO4. The van der Waals surface area contributed by atoms with E-state index in [1.54, 1.807) is 25.1 Å². The highest BCUT2D eigenvalue weighted by molar-refractivity contribution is 6.23. The van der Waals surface area contributed by atoms with Crippen LogP contribution in [0.25, 0.3) is 6.08 Å². The number of allylic oxidation sites excluding steroid dienone is 1. The van der Waals surface area contributed by atoms with Crippen LogP contribution in [0.3, 0.4) is 0 Å². The molecule has 1 aromatic carbocycles. The predicted octanol–water partition coefficient (Wildman–Crippen LogP) is 4.28. The molecule has 1 amide bonds. The molecule has 0 radical (unpaired) electrons. The number of methoxy groups -OCH3 is 1. The Kier molecular flexibility index (Phi) is 4.80. The molecule has 0 saturated heterocycles. The van der Waals surface area contributed by atoms with Crippen LogP contribution in [-0.2, 0) is 14.3 Å². The zero-order valence-corrected chi connectivity index (χ0v) is 15.3. The van der Waals surface area contributed by atoms with Gasteiger partial charge < -0.3 is 9.15 Å². The largest absolute Gasteiger partial charge is 0.465 e. The van der Waals surface area contributed by atoms with Gasteiger partial charge in [-0.1, -0.05) is 26.0 Å². The SMILES string of the molecule is COC(=O)C1=C(C)N(c2ccc(C(C)C)cc2)C(=O)/C1=C/c1ccco1. The van der Waals surface area contributed by atoms with Crippen molar-refractivity contribution in [2.75, 3.05) is 12.0 Å². The van der Waals surface area contributed by atoms with Crippen LogP contribution in [-0.4, -0.2) is 19.0 Å². The number of nitrogens with zero attached hydrogens (tertiary/aromatic N) is 1. The Labute approximate surface area is 152 Å². The average Bonchev–Trinajstić information content (AvgIpc) is 3.22. The fraction of sp³-hybridized carbons (Fsp3) is 0.238. The van der Waals surface area contributed by atoms with Crippen LogP contribution in [0.15, 0.2) is 63.9 Å². The van der Waals surface area contributed by atoms with E-state index >= 15 is 0 Å². The summed E-state index contributed by atoms with van der Waals surface area (Å²) in [5, 5.41) is 0. The van der Waals surface area contributed by atoms with Crippen molar-refractivity contribution >= 4 is 23.6 Å². The van der Waals surface area contributed by atoms with Crippen molar-refractivity contribution in [2.45, 2.75) is 26.7 Å². The summed E-state index contributed by atoms with van der Waals surface area (Å²) in [6.45, 7) is 5.96. The lowest BCUT2D eigenvalue weighted by Crippen LogP contribution is -2.24. The normalized spacial score (nSPS) is 16.1. The molecular weight excluding hydrogens is 330 g/mol. The van der Waals surface area contributed by atoms with Crippen LogP contribution >= 0.6 is 0 Å². The maximum absolute atomic E-state index is 13.1. The molecule has 134 valence electrons. The number of amides is 1. The van der Waals surface area contributed by atoms with E-state index in [0.717, 1.165) is 0 Å². The van der Waals surface area contributed by atoms with E-state index in [1.807, 2.05) is 24.3 Å². The smallest absolute Gasteiger partial charge is 0.340 e. The van der Waals surface area contributed by atoms with E-state index in [2.05, 4.69) is 13.8 Å². The average molecular weight is 351 g/mol. The van der Waals surface area contributed by atoms with Crippen molar-refractivity contribution in [2.24, 2.45) is 0 Å². The Morgan fingerprint density at radius 1 is 1.19 bits per heavy atom. The Bertz CT molecular complexity index is 887.